The molecule has 2 rings (SSSR count). The van der Waals surface area contributed by atoms with Gasteiger partial charge in [0.25, 0.3) is 5.91 Å². The van der Waals surface area contributed by atoms with Crippen LogP contribution in [0.15, 0.2) is 42.9 Å². The van der Waals surface area contributed by atoms with Crippen LogP contribution in [0.4, 0.5) is 0 Å². The van der Waals surface area contributed by atoms with Crippen molar-refractivity contribution in [1.82, 2.24) is 14.5 Å². The minimum atomic E-state index is 0.0151. The lowest BCUT2D eigenvalue weighted by Crippen LogP contribution is -2.27. The Morgan fingerprint density at radius 1 is 1.41 bits per heavy atom. The van der Waals surface area contributed by atoms with Crippen LogP contribution in [-0.4, -0.2) is 27.4 Å². The van der Waals surface area contributed by atoms with E-state index in [1.54, 1.807) is 24.3 Å². The zero-order valence-corrected chi connectivity index (χ0v) is 10.00. The molecule has 1 amide bonds. The number of pyridine rings is 1. The van der Waals surface area contributed by atoms with Crippen LogP contribution < -0.4 is 0 Å². The largest absolute Gasteiger partial charge is 0.347 e. The van der Waals surface area contributed by atoms with Crippen molar-refractivity contribution in [1.29, 1.82) is 0 Å². The van der Waals surface area contributed by atoms with Gasteiger partial charge in [0, 0.05) is 39.2 Å². The van der Waals surface area contributed by atoms with Crippen LogP contribution in [0, 0.1) is 0 Å². The Bertz CT molecular complexity index is 504. The number of nitrogens with zero attached hydrogens (tertiary/aromatic N) is 3. The molecule has 0 unspecified atom stereocenters. The van der Waals surface area contributed by atoms with E-state index in [2.05, 4.69) is 4.98 Å². The summed E-state index contributed by atoms with van der Waals surface area (Å²) in [5, 5.41) is 0. The summed E-state index contributed by atoms with van der Waals surface area (Å²) in [6.45, 7) is 0.567. The van der Waals surface area contributed by atoms with Crippen molar-refractivity contribution >= 4 is 5.91 Å². The lowest BCUT2D eigenvalue weighted by atomic mass is 10.2. The highest BCUT2D eigenvalue weighted by atomic mass is 16.2. The maximum absolute atomic E-state index is 12.1. The molecule has 2 heterocycles. The van der Waals surface area contributed by atoms with Crippen LogP contribution >= 0.6 is 0 Å². The fourth-order valence-corrected chi connectivity index (χ4v) is 1.72. The van der Waals surface area contributed by atoms with Gasteiger partial charge in [0.2, 0.25) is 0 Å². The third kappa shape index (κ3) is 2.53. The molecule has 0 radical (unpaired) electrons. The Hall–Kier alpha value is -2.10. The highest BCUT2D eigenvalue weighted by Crippen LogP contribution is 2.07. The molecule has 2 aromatic heterocycles. The maximum Gasteiger partial charge on any atom is 0.270 e. The zero-order valence-electron chi connectivity index (χ0n) is 10.00. The molecule has 0 aliphatic rings. The summed E-state index contributed by atoms with van der Waals surface area (Å²) in [7, 11) is 3.66. The quantitative estimate of drug-likeness (QED) is 0.803. The SMILES string of the molecule is CN(Cc1cccnc1)C(=O)c1cccn1C. The molecule has 0 atom stereocenters. The zero-order chi connectivity index (χ0) is 12.3. The van der Waals surface area contributed by atoms with Gasteiger partial charge in [-0.1, -0.05) is 6.07 Å². The first-order chi connectivity index (χ1) is 8.18. The van der Waals surface area contributed by atoms with E-state index in [4.69, 9.17) is 0 Å². The van der Waals surface area contributed by atoms with E-state index in [1.165, 1.54) is 0 Å². The number of aromatic nitrogens is 2. The number of carbonyl (C=O) groups excluding carboxylic acids is 1. The second kappa shape index (κ2) is 4.82. The van der Waals surface area contributed by atoms with Crippen molar-refractivity contribution in [2.24, 2.45) is 7.05 Å². The molecule has 0 bridgehead atoms. The van der Waals surface area contributed by atoms with Crippen molar-refractivity contribution < 1.29 is 4.79 Å². The number of hydrogen-bond acceptors (Lipinski definition) is 2. The first kappa shape index (κ1) is 11.4. The predicted octanol–water partition coefficient (Wildman–Crippen LogP) is 1.69. The molecule has 0 saturated carbocycles. The van der Waals surface area contributed by atoms with E-state index in [0.29, 0.717) is 12.2 Å². The molecule has 4 heteroatoms. The molecule has 2 aromatic rings. The molecule has 0 fully saturated rings. The molecule has 88 valence electrons. The summed E-state index contributed by atoms with van der Waals surface area (Å²) >= 11 is 0. The molecular formula is C13H15N3O. The smallest absolute Gasteiger partial charge is 0.270 e. The van der Waals surface area contributed by atoms with Gasteiger partial charge in [0.15, 0.2) is 0 Å². The third-order valence-electron chi connectivity index (χ3n) is 2.65. The van der Waals surface area contributed by atoms with Crippen LogP contribution in [0.3, 0.4) is 0 Å². The Morgan fingerprint density at radius 3 is 2.82 bits per heavy atom. The minimum Gasteiger partial charge on any atom is -0.347 e. The topological polar surface area (TPSA) is 38.1 Å². The first-order valence-electron chi connectivity index (χ1n) is 5.44. The molecule has 17 heavy (non-hydrogen) atoms. The summed E-state index contributed by atoms with van der Waals surface area (Å²) in [5.74, 6) is 0.0151. The highest BCUT2D eigenvalue weighted by Gasteiger charge is 2.14. The lowest BCUT2D eigenvalue weighted by Gasteiger charge is -2.17. The van der Waals surface area contributed by atoms with E-state index >= 15 is 0 Å². The molecule has 0 aliphatic heterocycles. The van der Waals surface area contributed by atoms with E-state index < -0.39 is 0 Å². The average Bonchev–Trinajstić information content (AvgIpc) is 2.76. The molecule has 0 aromatic carbocycles. The predicted molar refractivity (Wildman–Crippen MR) is 65.4 cm³/mol. The van der Waals surface area contributed by atoms with Crippen molar-refractivity contribution in [2.75, 3.05) is 7.05 Å². The van der Waals surface area contributed by atoms with Gasteiger partial charge < -0.3 is 9.47 Å². The maximum atomic E-state index is 12.1. The standard InChI is InChI=1S/C13H15N3O/c1-15-8-4-6-12(15)13(17)16(2)10-11-5-3-7-14-9-11/h3-9H,10H2,1-2H3. The van der Waals surface area contributed by atoms with Crippen molar-refractivity contribution in [2.45, 2.75) is 6.54 Å². The number of carbonyl (C=O) groups is 1. The summed E-state index contributed by atoms with van der Waals surface area (Å²) in [6.07, 6.45) is 5.36. The van der Waals surface area contributed by atoms with Crippen LogP contribution in [0.2, 0.25) is 0 Å². The van der Waals surface area contributed by atoms with E-state index in [1.807, 2.05) is 42.1 Å². The van der Waals surface area contributed by atoms with Gasteiger partial charge in [-0.2, -0.15) is 0 Å². The number of hydrogen-bond donors (Lipinski definition) is 0. The van der Waals surface area contributed by atoms with Gasteiger partial charge in [-0.25, -0.2) is 0 Å². The normalized spacial score (nSPS) is 10.2. The van der Waals surface area contributed by atoms with E-state index in [0.717, 1.165) is 5.56 Å². The molecule has 4 nitrogen and oxygen atoms in total. The molecule has 0 N–H and O–H groups in total. The van der Waals surface area contributed by atoms with Crippen molar-refractivity contribution in [3.05, 3.63) is 54.1 Å². The Kier molecular flexibility index (Phi) is 3.23. The number of rotatable bonds is 3. The monoisotopic (exact) mass is 229 g/mol. The first-order valence-corrected chi connectivity index (χ1v) is 5.44. The van der Waals surface area contributed by atoms with Gasteiger partial charge in [-0.05, 0) is 23.8 Å². The number of amides is 1. The number of aryl methyl sites for hydroxylation is 1. The highest BCUT2D eigenvalue weighted by molar-refractivity contribution is 5.92. The second-order valence-corrected chi connectivity index (χ2v) is 4.03. The summed E-state index contributed by atoms with van der Waals surface area (Å²) in [5.41, 5.74) is 1.72. The van der Waals surface area contributed by atoms with Crippen LogP contribution in [-0.2, 0) is 13.6 Å². The van der Waals surface area contributed by atoms with Gasteiger partial charge in [0.1, 0.15) is 5.69 Å². The van der Waals surface area contributed by atoms with E-state index in [-0.39, 0.29) is 5.91 Å². The second-order valence-electron chi connectivity index (χ2n) is 4.03. The van der Waals surface area contributed by atoms with Crippen molar-refractivity contribution in [3.8, 4) is 0 Å². The fourth-order valence-electron chi connectivity index (χ4n) is 1.72. The Morgan fingerprint density at radius 2 is 2.24 bits per heavy atom. The molecule has 0 saturated heterocycles. The summed E-state index contributed by atoms with van der Waals surface area (Å²) < 4.78 is 1.82. The van der Waals surface area contributed by atoms with Gasteiger partial charge in [0.05, 0.1) is 0 Å². The van der Waals surface area contributed by atoms with Crippen LogP contribution in [0.25, 0.3) is 0 Å². The summed E-state index contributed by atoms with van der Waals surface area (Å²) in [6, 6.07) is 7.52. The molecule has 0 aliphatic carbocycles. The Balaban J connectivity index is 2.09. The van der Waals surface area contributed by atoms with Crippen LogP contribution in [0.5, 0.6) is 0 Å². The van der Waals surface area contributed by atoms with E-state index in [9.17, 15) is 4.79 Å². The average molecular weight is 229 g/mol. The molecule has 0 spiro atoms. The van der Waals surface area contributed by atoms with Crippen LogP contribution in [0.1, 0.15) is 16.1 Å². The third-order valence-corrected chi connectivity index (χ3v) is 2.65. The van der Waals surface area contributed by atoms with Gasteiger partial charge in [-0.15, -0.1) is 0 Å². The summed E-state index contributed by atoms with van der Waals surface area (Å²) in [4.78, 5) is 17.8. The van der Waals surface area contributed by atoms with Crippen molar-refractivity contribution in [3.63, 3.8) is 0 Å². The fraction of sp³-hybridized carbons (Fsp3) is 0.231. The lowest BCUT2D eigenvalue weighted by molar-refractivity contribution is 0.0775. The van der Waals surface area contributed by atoms with Gasteiger partial charge in [-0.3, -0.25) is 9.78 Å². The van der Waals surface area contributed by atoms with Gasteiger partial charge >= 0.3 is 0 Å². The molecular weight excluding hydrogens is 214 g/mol. The minimum absolute atomic E-state index is 0.0151. The Labute approximate surface area is 101 Å².